The highest BCUT2D eigenvalue weighted by Gasteiger charge is 2.15. The molecule has 0 aliphatic carbocycles. The fourth-order valence-electron chi connectivity index (χ4n) is 2.44. The van der Waals surface area contributed by atoms with Gasteiger partial charge in [0.25, 0.3) is 0 Å². The van der Waals surface area contributed by atoms with Crippen molar-refractivity contribution in [2.75, 3.05) is 13.6 Å². The van der Waals surface area contributed by atoms with Crippen molar-refractivity contribution in [3.8, 4) is 11.8 Å². The molecule has 1 N–H and O–H groups in total. The van der Waals surface area contributed by atoms with Crippen molar-refractivity contribution in [3.05, 3.63) is 34.4 Å². The van der Waals surface area contributed by atoms with Crippen LogP contribution in [0.5, 0.6) is 0 Å². The van der Waals surface area contributed by atoms with E-state index in [0.717, 1.165) is 13.0 Å². The van der Waals surface area contributed by atoms with Crippen molar-refractivity contribution in [2.45, 2.75) is 65.7 Å². The van der Waals surface area contributed by atoms with Gasteiger partial charge in [0.15, 0.2) is 0 Å². The fourth-order valence-corrected chi connectivity index (χ4v) is 2.44. The molecule has 0 heterocycles. The van der Waals surface area contributed by atoms with Crippen LogP contribution >= 0.6 is 0 Å². The molecule has 116 valence electrons. The van der Waals surface area contributed by atoms with Gasteiger partial charge in [0.05, 0.1) is 0 Å². The summed E-state index contributed by atoms with van der Waals surface area (Å²) in [4.78, 5) is 0. The first-order valence-corrected chi connectivity index (χ1v) is 8.19. The molecular weight excluding hydrogens is 254 g/mol. The van der Waals surface area contributed by atoms with Crippen molar-refractivity contribution in [3.63, 3.8) is 0 Å². The van der Waals surface area contributed by atoms with E-state index in [9.17, 15) is 0 Å². The minimum atomic E-state index is 0.509. The molecule has 0 aliphatic heterocycles. The molecule has 0 aliphatic rings. The average molecular weight is 285 g/mol. The number of hydrogen-bond donors (Lipinski definition) is 1. The summed E-state index contributed by atoms with van der Waals surface area (Å²) >= 11 is 0. The van der Waals surface area contributed by atoms with E-state index in [1.54, 1.807) is 0 Å². The van der Waals surface area contributed by atoms with Gasteiger partial charge in [-0.25, -0.2) is 0 Å². The lowest BCUT2D eigenvalue weighted by molar-refractivity contribution is 0.799. The Morgan fingerprint density at radius 2 is 1.43 bits per heavy atom. The standard InChI is InChI=1S/C20H31N/c1-14(2)17-12-19(15(3)4)18(10-8-9-11-21-7)20(13-17)16(5)6/h12-16,21H,9,11H2,1-7H3. The van der Waals surface area contributed by atoms with Gasteiger partial charge in [0, 0.05) is 18.5 Å². The first-order valence-electron chi connectivity index (χ1n) is 8.19. The Morgan fingerprint density at radius 3 is 1.81 bits per heavy atom. The van der Waals surface area contributed by atoms with E-state index in [-0.39, 0.29) is 0 Å². The number of rotatable bonds is 5. The van der Waals surface area contributed by atoms with Crippen LogP contribution in [-0.2, 0) is 0 Å². The molecule has 1 aromatic carbocycles. The van der Waals surface area contributed by atoms with Crippen LogP contribution in [0, 0.1) is 11.8 Å². The van der Waals surface area contributed by atoms with Gasteiger partial charge in [-0.2, -0.15) is 0 Å². The van der Waals surface area contributed by atoms with Crippen LogP contribution in [0.3, 0.4) is 0 Å². The molecule has 0 amide bonds. The van der Waals surface area contributed by atoms with Crippen molar-refractivity contribution >= 4 is 0 Å². The first kappa shape index (κ1) is 17.8. The second-order valence-corrected chi connectivity index (χ2v) is 6.69. The van der Waals surface area contributed by atoms with Crippen LogP contribution in [0.1, 0.15) is 88.0 Å². The van der Waals surface area contributed by atoms with E-state index >= 15 is 0 Å². The average Bonchev–Trinajstić information content (AvgIpc) is 2.42. The summed E-state index contributed by atoms with van der Waals surface area (Å²) in [7, 11) is 1.97. The predicted molar refractivity (Wildman–Crippen MR) is 94.1 cm³/mol. The zero-order valence-corrected chi connectivity index (χ0v) is 14.8. The lowest BCUT2D eigenvalue weighted by Gasteiger charge is -2.20. The highest BCUT2D eigenvalue weighted by Crippen LogP contribution is 2.31. The van der Waals surface area contributed by atoms with Gasteiger partial charge in [-0.1, -0.05) is 65.5 Å². The normalized spacial score (nSPS) is 11.1. The third-order valence-corrected chi connectivity index (χ3v) is 3.85. The van der Waals surface area contributed by atoms with Crippen LogP contribution in [0.25, 0.3) is 0 Å². The number of benzene rings is 1. The largest absolute Gasteiger partial charge is 0.319 e. The SMILES string of the molecule is CNCCC#Cc1c(C(C)C)cc(C(C)C)cc1C(C)C. The molecule has 1 rings (SSSR count). The van der Waals surface area contributed by atoms with E-state index in [2.05, 4.69) is 70.8 Å². The molecular formula is C20H31N. The Morgan fingerprint density at radius 1 is 0.905 bits per heavy atom. The minimum Gasteiger partial charge on any atom is -0.319 e. The summed E-state index contributed by atoms with van der Waals surface area (Å²) in [5.74, 6) is 8.36. The monoisotopic (exact) mass is 285 g/mol. The van der Waals surface area contributed by atoms with Gasteiger partial charge in [-0.3, -0.25) is 0 Å². The summed E-state index contributed by atoms with van der Waals surface area (Å²) in [6.45, 7) is 14.5. The zero-order valence-electron chi connectivity index (χ0n) is 14.8. The second kappa shape index (κ2) is 8.25. The van der Waals surface area contributed by atoms with Gasteiger partial charge in [-0.05, 0) is 41.5 Å². The van der Waals surface area contributed by atoms with Crippen molar-refractivity contribution in [2.24, 2.45) is 0 Å². The molecule has 0 saturated heterocycles. The third kappa shape index (κ3) is 4.90. The Kier molecular flexibility index (Phi) is 6.99. The molecule has 1 nitrogen and oxygen atoms in total. The Bertz CT molecular complexity index is 483. The first-order chi connectivity index (χ1) is 9.88. The maximum Gasteiger partial charge on any atom is 0.0314 e. The zero-order chi connectivity index (χ0) is 16.0. The van der Waals surface area contributed by atoms with Crippen LogP contribution < -0.4 is 5.32 Å². The van der Waals surface area contributed by atoms with E-state index in [1.165, 1.54) is 22.3 Å². The van der Waals surface area contributed by atoms with Crippen LogP contribution in [-0.4, -0.2) is 13.6 Å². The fraction of sp³-hybridized carbons (Fsp3) is 0.600. The smallest absolute Gasteiger partial charge is 0.0314 e. The third-order valence-electron chi connectivity index (χ3n) is 3.85. The molecule has 0 fully saturated rings. The van der Waals surface area contributed by atoms with Crippen LogP contribution in [0.15, 0.2) is 12.1 Å². The molecule has 0 saturated carbocycles. The van der Waals surface area contributed by atoms with Gasteiger partial charge in [-0.15, -0.1) is 0 Å². The van der Waals surface area contributed by atoms with Crippen LogP contribution in [0.4, 0.5) is 0 Å². The Labute approximate surface area is 131 Å². The molecule has 1 aromatic rings. The minimum absolute atomic E-state index is 0.509. The summed E-state index contributed by atoms with van der Waals surface area (Å²) in [5.41, 5.74) is 5.51. The van der Waals surface area contributed by atoms with Crippen LogP contribution in [0.2, 0.25) is 0 Å². The van der Waals surface area contributed by atoms with Crippen molar-refractivity contribution < 1.29 is 0 Å². The molecule has 0 radical (unpaired) electrons. The van der Waals surface area contributed by atoms with E-state index < -0.39 is 0 Å². The molecule has 0 bridgehead atoms. The Hall–Kier alpha value is -1.26. The summed E-state index contributed by atoms with van der Waals surface area (Å²) < 4.78 is 0. The molecule has 0 atom stereocenters. The second-order valence-electron chi connectivity index (χ2n) is 6.69. The quantitative estimate of drug-likeness (QED) is 0.592. The van der Waals surface area contributed by atoms with Gasteiger partial charge in [0.1, 0.15) is 0 Å². The summed E-state index contributed by atoms with van der Waals surface area (Å²) in [6.07, 6.45) is 0.900. The lowest BCUT2D eigenvalue weighted by atomic mass is 9.84. The predicted octanol–water partition coefficient (Wildman–Crippen LogP) is 5.02. The summed E-state index contributed by atoms with van der Waals surface area (Å²) in [6, 6.07) is 4.73. The number of hydrogen-bond acceptors (Lipinski definition) is 1. The van der Waals surface area contributed by atoms with Gasteiger partial charge >= 0.3 is 0 Å². The summed E-state index contributed by atoms with van der Waals surface area (Å²) in [5, 5.41) is 3.15. The highest BCUT2D eigenvalue weighted by molar-refractivity contribution is 5.52. The maximum atomic E-state index is 3.46. The molecule has 0 aromatic heterocycles. The van der Waals surface area contributed by atoms with E-state index in [1.807, 2.05) is 7.05 Å². The maximum absolute atomic E-state index is 3.46. The number of nitrogens with one attached hydrogen (secondary N) is 1. The lowest BCUT2D eigenvalue weighted by Crippen LogP contribution is -2.06. The van der Waals surface area contributed by atoms with E-state index in [4.69, 9.17) is 0 Å². The van der Waals surface area contributed by atoms with Crippen molar-refractivity contribution in [1.82, 2.24) is 5.32 Å². The van der Waals surface area contributed by atoms with E-state index in [0.29, 0.717) is 17.8 Å². The topological polar surface area (TPSA) is 12.0 Å². The molecule has 0 unspecified atom stereocenters. The Balaban J connectivity index is 3.38. The molecule has 1 heteroatoms. The molecule has 21 heavy (non-hydrogen) atoms. The van der Waals surface area contributed by atoms with Gasteiger partial charge in [0.2, 0.25) is 0 Å². The highest BCUT2D eigenvalue weighted by atomic mass is 14.8. The van der Waals surface area contributed by atoms with Gasteiger partial charge < -0.3 is 5.32 Å². The molecule has 0 spiro atoms. The van der Waals surface area contributed by atoms with Crippen molar-refractivity contribution in [1.29, 1.82) is 0 Å².